The molecule has 4 heteroatoms. The van der Waals surface area contributed by atoms with Crippen LogP contribution in [-0.2, 0) is 13.0 Å². The molecule has 2 rings (SSSR count). The summed E-state index contributed by atoms with van der Waals surface area (Å²) in [6.45, 7) is 2.74. The Morgan fingerprint density at radius 1 is 1.39 bits per heavy atom. The van der Waals surface area contributed by atoms with E-state index in [4.69, 9.17) is 10.5 Å². The molecule has 0 spiro atoms. The van der Waals surface area contributed by atoms with E-state index in [1.165, 1.54) is 0 Å². The quantitative estimate of drug-likeness (QED) is 0.874. The molecule has 0 fully saturated rings. The lowest BCUT2D eigenvalue weighted by Crippen LogP contribution is -2.20. The summed E-state index contributed by atoms with van der Waals surface area (Å²) in [7, 11) is 1.69. The number of methoxy groups -OCH3 is 1. The second kappa shape index (κ2) is 5.69. The third-order valence-electron chi connectivity index (χ3n) is 2.84. The normalized spacial score (nSPS) is 12.4. The molecule has 1 aromatic heterocycles. The Hall–Kier alpha value is -1.81. The lowest BCUT2D eigenvalue weighted by Gasteiger charge is -2.12. The summed E-state index contributed by atoms with van der Waals surface area (Å²) < 4.78 is 7.47. The van der Waals surface area contributed by atoms with Gasteiger partial charge < -0.3 is 15.0 Å². The molecule has 0 aliphatic rings. The van der Waals surface area contributed by atoms with Gasteiger partial charge in [-0.15, -0.1) is 0 Å². The second-order valence-electron chi connectivity index (χ2n) is 4.46. The van der Waals surface area contributed by atoms with Crippen molar-refractivity contribution in [3.8, 4) is 5.75 Å². The standard InChI is InChI=1S/C14H19N3O/c1-11(15)9-14-16-7-8-17(14)10-12-5-3-4-6-13(12)18-2/h3-8,11H,9-10,15H2,1-2H3. The van der Waals surface area contributed by atoms with Crippen LogP contribution in [0.5, 0.6) is 5.75 Å². The molecular weight excluding hydrogens is 226 g/mol. The molecule has 0 aliphatic carbocycles. The Kier molecular flexibility index (Phi) is 3.99. The number of ether oxygens (including phenoxy) is 1. The van der Waals surface area contributed by atoms with Crippen LogP contribution in [0, 0.1) is 0 Å². The highest BCUT2D eigenvalue weighted by atomic mass is 16.5. The molecule has 1 heterocycles. The molecule has 1 atom stereocenters. The van der Waals surface area contributed by atoms with Crippen molar-refractivity contribution in [1.82, 2.24) is 9.55 Å². The molecule has 1 aromatic carbocycles. The summed E-state index contributed by atoms with van der Waals surface area (Å²) in [5.41, 5.74) is 6.97. The topological polar surface area (TPSA) is 53.1 Å². The monoisotopic (exact) mass is 245 g/mol. The molecule has 2 N–H and O–H groups in total. The van der Waals surface area contributed by atoms with Gasteiger partial charge in [0.05, 0.1) is 13.7 Å². The van der Waals surface area contributed by atoms with Gasteiger partial charge in [-0.25, -0.2) is 4.98 Å². The van der Waals surface area contributed by atoms with E-state index in [0.29, 0.717) is 0 Å². The third kappa shape index (κ3) is 2.90. The van der Waals surface area contributed by atoms with Gasteiger partial charge in [-0.2, -0.15) is 0 Å². The first-order valence-corrected chi connectivity index (χ1v) is 6.08. The number of aromatic nitrogens is 2. The summed E-state index contributed by atoms with van der Waals surface area (Å²) in [5, 5.41) is 0. The number of para-hydroxylation sites is 1. The van der Waals surface area contributed by atoms with Crippen LogP contribution in [0.1, 0.15) is 18.3 Å². The maximum Gasteiger partial charge on any atom is 0.123 e. The minimum atomic E-state index is 0.115. The molecule has 18 heavy (non-hydrogen) atoms. The summed E-state index contributed by atoms with van der Waals surface area (Å²) in [6.07, 6.45) is 4.57. The maximum absolute atomic E-state index is 5.82. The molecule has 0 radical (unpaired) electrons. The Bertz CT molecular complexity index is 505. The van der Waals surface area contributed by atoms with E-state index < -0.39 is 0 Å². The van der Waals surface area contributed by atoms with E-state index >= 15 is 0 Å². The number of hydrogen-bond acceptors (Lipinski definition) is 3. The fraction of sp³-hybridized carbons (Fsp3) is 0.357. The summed E-state index contributed by atoms with van der Waals surface area (Å²) in [5.74, 6) is 1.91. The van der Waals surface area contributed by atoms with Crippen molar-refractivity contribution < 1.29 is 4.74 Å². The predicted octanol–water partition coefficient (Wildman–Crippen LogP) is 1.83. The molecule has 0 saturated heterocycles. The van der Waals surface area contributed by atoms with Crippen LogP contribution >= 0.6 is 0 Å². The lowest BCUT2D eigenvalue weighted by atomic mass is 10.2. The van der Waals surface area contributed by atoms with Gasteiger partial charge in [0.15, 0.2) is 0 Å². The van der Waals surface area contributed by atoms with Gasteiger partial charge in [-0.3, -0.25) is 0 Å². The van der Waals surface area contributed by atoms with Crippen molar-refractivity contribution in [3.05, 3.63) is 48.0 Å². The molecule has 1 unspecified atom stereocenters. The van der Waals surface area contributed by atoms with Crippen molar-refractivity contribution in [2.24, 2.45) is 5.73 Å². The van der Waals surface area contributed by atoms with Gasteiger partial charge in [0.2, 0.25) is 0 Å². The van der Waals surface area contributed by atoms with Crippen molar-refractivity contribution in [2.75, 3.05) is 7.11 Å². The largest absolute Gasteiger partial charge is 0.496 e. The molecule has 96 valence electrons. The Morgan fingerprint density at radius 3 is 2.89 bits per heavy atom. The van der Waals surface area contributed by atoms with E-state index in [2.05, 4.69) is 15.6 Å². The van der Waals surface area contributed by atoms with Crippen molar-refractivity contribution >= 4 is 0 Å². The van der Waals surface area contributed by atoms with Gasteiger partial charge >= 0.3 is 0 Å². The molecular formula is C14H19N3O. The first-order valence-electron chi connectivity index (χ1n) is 6.08. The highest BCUT2D eigenvalue weighted by Crippen LogP contribution is 2.19. The Balaban J connectivity index is 2.21. The number of nitrogens with zero attached hydrogens (tertiary/aromatic N) is 2. The van der Waals surface area contributed by atoms with Crippen LogP contribution < -0.4 is 10.5 Å². The first-order chi connectivity index (χ1) is 8.70. The smallest absolute Gasteiger partial charge is 0.123 e. The number of nitrogens with two attached hydrogens (primary N) is 1. The minimum absolute atomic E-state index is 0.115. The number of rotatable bonds is 5. The molecule has 4 nitrogen and oxygen atoms in total. The van der Waals surface area contributed by atoms with E-state index in [-0.39, 0.29) is 6.04 Å². The zero-order chi connectivity index (χ0) is 13.0. The van der Waals surface area contributed by atoms with Gasteiger partial charge in [0.25, 0.3) is 0 Å². The van der Waals surface area contributed by atoms with Crippen LogP contribution in [0.3, 0.4) is 0 Å². The zero-order valence-electron chi connectivity index (χ0n) is 10.8. The summed E-state index contributed by atoms with van der Waals surface area (Å²) in [4.78, 5) is 4.35. The van der Waals surface area contributed by atoms with Crippen molar-refractivity contribution in [3.63, 3.8) is 0 Å². The van der Waals surface area contributed by atoms with Crippen LogP contribution in [-0.4, -0.2) is 22.7 Å². The molecule has 0 amide bonds. The fourth-order valence-corrected chi connectivity index (χ4v) is 1.98. The van der Waals surface area contributed by atoms with Crippen molar-refractivity contribution in [1.29, 1.82) is 0 Å². The number of imidazole rings is 1. The SMILES string of the molecule is COc1ccccc1Cn1ccnc1CC(C)N. The van der Waals surface area contributed by atoms with E-state index in [1.807, 2.05) is 37.5 Å². The van der Waals surface area contributed by atoms with Crippen LogP contribution in [0.25, 0.3) is 0 Å². The van der Waals surface area contributed by atoms with Crippen LogP contribution in [0.2, 0.25) is 0 Å². The molecule has 0 bridgehead atoms. The average Bonchev–Trinajstić information content (AvgIpc) is 2.76. The first kappa shape index (κ1) is 12.6. The number of hydrogen-bond donors (Lipinski definition) is 1. The molecule has 2 aromatic rings. The van der Waals surface area contributed by atoms with E-state index in [0.717, 1.165) is 30.1 Å². The van der Waals surface area contributed by atoms with E-state index in [9.17, 15) is 0 Å². The lowest BCUT2D eigenvalue weighted by molar-refractivity contribution is 0.408. The van der Waals surface area contributed by atoms with Crippen LogP contribution in [0.4, 0.5) is 0 Å². The zero-order valence-corrected chi connectivity index (χ0v) is 10.8. The number of benzene rings is 1. The van der Waals surface area contributed by atoms with Gasteiger partial charge in [-0.05, 0) is 13.0 Å². The van der Waals surface area contributed by atoms with Gasteiger partial charge in [-0.1, -0.05) is 18.2 Å². The highest BCUT2D eigenvalue weighted by molar-refractivity contribution is 5.33. The second-order valence-corrected chi connectivity index (χ2v) is 4.46. The highest BCUT2D eigenvalue weighted by Gasteiger charge is 2.08. The van der Waals surface area contributed by atoms with E-state index in [1.54, 1.807) is 7.11 Å². The third-order valence-corrected chi connectivity index (χ3v) is 2.84. The van der Waals surface area contributed by atoms with Gasteiger partial charge in [0, 0.05) is 30.4 Å². The minimum Gasteiger partial charge on any atom is -0.496 e. The molecule has 0 saturated carbocycles. The van der Waals surface area contributed by atoms with Crippen LogP contribution in [0.15, 0.2) is 36.7 Å². The predicted molar refractivity (Wildman–Crippen MR) is 71.7 cm³/mol. The summed E-state index contributed by atoms with van der Waals surface area (Å²) >= 11 is 0. The Morgan fingerprint density at radius 2 is 2.17 bits per heavy atom. The van der Waals surface area contributed by atoms with Gasteiger partial charge in [0.1, 0.15) is 11.6 Å². The Labute approximate surface area is 107 Å². The average molecular weight is 245 g/mol. The maximum atomic E-state index is 5.82. The fourth-order valence-electron chi connectivity index (χ4n) is 1.98. The van der Waals surface area contributed by atoms with Crippen molar-refractivity contribution in [2.45, 2.75) is 25.9 Å². The summed E-state index contributed by atoms with van der Waals surface area (Å²) in [6, 6.07) is 8.13. The molecule has 0 aliphatic heterocycles.